The van der Waals surface area contributed by atoms with Gasteiger partial charge in [-0.25, -0.2) is 10.5 Å². The molecule has 3 aliphatic rings. The summed E-state index contributed by atoms with van der Waals surface area (Å²) in [5, 5.41) is 21.9. The summed E-state index contributed by atoms with van der Waals surface area (Å²) in [5.41, 5.74) is 14.9. The minimum Gasteiger partial charge on any atom is -0.480 e. The van der Waals surface area contributed by atoms with Gasteiger partial charge in [-0.05, 0) is 130 Å². The molecule has 0 saturated carbocycles. The van der Waals surface area contributed by atoms with Gasteiger partial charge in [-0.3, -0.25) is 33.8 Å². The summed E-state index contributed by atoms with van der Waals surface area (Å²) >= 11 is 0. The molecule has 1 amide bonds. The number of carboxylic acid groups (broad SMARTS) is 2. The number of nitrogens with one attached hydrogen (secondary N) is 2. The van der Waals surface area contributed by atoms with Crippen LogP contribution in [-0.4, -0.2) is 97.8 Å². The molecule has 0 unspecified atom stereocenters. The quantitative estimate of drug-likeness (QED) is 0.0806. The molecule has 2 saturated heterocycles. The van der Waals surface area contributed by atoms with Crippen LogP contribution in [0.5, 0.6) is 0 Å². The zero-order valence-corrected chi connectivity index (χ0v) is 33.1. The van der Waals surface area contributed by atoms with Crippen LogP contribution in [0, 0.1) is 0 Å². The highest BCUT2D eigenvalue weighted by molar-refractivity contribution is 5.96. The number of aliphatic carboxylic acids is 2. The predicted octanol–water partition coefficient (Wildman–Crippen LogP) is 4.76. The molecule has 0 spiro atoms. The monoisotopic (exact) mass is 802 g/mol. The largest absolute Gasteiger partial charge is 0.480 e. The van der Waals surface area contributed by atoms with Gasteiger partial charge in [0.1, 0.15) is 17.6 Å². The average Bonchev–Trinajstić information content (AvgIpc) is 4.02. The van der Waals surface area contributed by atoms with E-state index in [2.05, 4.69) is 32.8 Å². The Balaban J connectivity index is 0.000000259. The standard InChI is InChI=1S/C31H32N6O5.C13H18N2O2/c1-42-35-29(39)25-18-37(23-12-9-20-4-2-5-21(20)16-23)28-24(27(25)38)17-32-31(34-28)33-22-10-7-19(8-11-22)13-15-36-14-3-6-26(36)30(40)41;14-11-5-3-10(4-6-11)7-9-15-8-1-2-12(15)13(16)17/h7-12,16-18,26H,2-6,13-15H2,1H3,(H,35,39)(H,40,41)(H,32,33,34);3-6,12H,1-2,7-9,14H2,(H,16,17)/t26-;12-/m11/s1. The van der Waals surface area contributed by atoms with Gasteiger partial charge in [0.15, 0.2) is 5.65 Å². The molecule has 2 aromatic heterocycles. The van der Waals surface area contributed by atoms with Gasteiger partial charge in [0.25, 0.3) is 5.91 Å². The van der Waals surface area contributed by atoms with Gasteiger partial charge in [0.2, 0.25) is 11.4 Å². The minimum atomic E-state index is -0.751. The van der Waals surface area contributed by atoms with Crippen molar-refractivity contribution < 1.29 is 29.4 Å². The van der Waals surface area contributed by atoms with Gasteiger partial charge >= 0.3 is 11.9 Å². The fraction of sp³-hybridized carbons (Fsp3) is 0.364. The molecule has 0 bridgehead atoms. The highest BCUT2D eigenvalue weighted by atomic mass is 16.6. The smallest absolute Gasteiger partial charge is 0.320 e. The second-order valence-corrected chi connectivity index (χ2v) is 15.2. The number of hydrogen-bond acceptors (Lipinski definition) is 11. The number of carboxylic acids is 2. The lowest BCUT2D eigenvalue weighted by Crippen LogP contribution is -2.37. The highest BCUT2D eigenvalue weighted by Gasteiger charge is 2.31. The molecule has 6 N–H and O–H groups in total. The van der Waals surface area contributed by atoms with Crippen LogP contribution in [0.2, 0.25) is 0 Å². The number of carbonyl (C=O) groups excluding carboxylic acids is 1. The number of aromatic nitrogens is 3. The Morgan fingerprint density at radius 3 is 2.05 bits per heavy atom. The van der Waals surface area contributed by atoms with Crippen LogP contribution < -0.4 is 22.0 Å². The van der Waals surface area contributed by atoms with Crippen molar-refractivity contribution in [3.8, 4) is 5.69 Å². The summed E-state index contributed by atoms with van der Waals surface area (Å²) in [7, 11) is 1.31. The summed E-state index contributed by atoms with van der Waals surface area (Å²) in [6, 6.07) is 21.1. The highest BCUT2D eigenvalue weighted by Crippen LogP contribution is 2.27. The Kier molecular flexibility index (Phi) is 12.9. The number of nitrogens with two attached hydrogens (primary N) is 1. The number of hydrogen-bond donors (Lipinski definition) is 5. The van der Waals surface area contributed by atoms with Crippen molar-refractivity contribution in [1.82, 2.24) is 29.8 Å². The molecule has 59 heavy (non-hydrogen) atoms. The van der Waals surface area contributed by atoms with Crippen molar-refractivity contribution in [3.63, 3.8) is 0 Å². The van der Waals surface area contributed by atoms with E-state index in [0.717, 1.165) is 93.6 Å². The maximum absolute atomic E-state index is 13.3. The Bertz CT molecular complexity index is 2370. The average molecular weight is 803 g/mol. The third kappa shape index (κ3) is 9.76. The van der Waals surface area contributed by atoms with Gasteiger partial charge < -0.3 is 25.8 Å². The number of anilines is 3. The Morgan fingerprint density at radius 2 is 1.44 bits per heavy atom. The van der Waals surface area contributed by atoms with Crippen LogP contribution in [0.4, 0.5) is 17.3 Å². The van der Waals surface area contributed by atoms with Crippen molar-refractivity contribution in [3.05, 3.63) is 117 Å². The molecule has 308 valence electrons. The summed E-state index contributed by atoms with van der Waals surface area (Å²) in [6.45, 7) is 3.21. The molecule has 5 aromatic rings. The zero-order chi connectivity index (χ0) is 41.5. The number of nitrogens with zero attached hydrogens (tertiary/aromatic N) is 5. The number of amides is 1. The zero-order valence-electron chi connectivity index (χ0n) is 33.1. The predicted molar refractivity (Wildman–Crippen MR) is 224 cm³/mol. The number of rotatable bonds is 13. The van der Waals surface area contributed by atoms with Crippen LogP contribution >= 0.6 is 0 Å². The van der Waals surface area contributed by atoms with Gasteiger partial charge in [0.05, 0.1) is 12.5 Å². The van der Waals surface area contributed by atoms with E-state index in [1.165, 1.54) is 36.2 Å². The van der Waals surface area contributed by atoms with Crippen LogP contribution in [0.1, 0.15) is 64.7 Å². The fourth-order valence-corrected chi connectivity index (χ4v) is 8.25. The van der Waals surface area contributed by atoms with E-state index in [0.29, 0.717) is 24.6 Å². The number of pyridine rings is 1. The summed E-state index contributed by atoms with van der Waals surface area (Å²) in [6.07, 6.45) is 11.1. The molecule has 0 radical (unpaired) electrons. The molecule has 2 aliphatic heterocycles. The lowest BCUT2D eigenvalue weighted by Gasteiger charge is -2.20. The number of nitrogen functional groups attached to an aromatic ring is 1. The van der Waals surface area contributed by atoms with Crippen molar-refractivity contribution >= 4 is 46.2 Å². The molecular formula is C44H50N8O7. The molecule has 1 aliphatic carbocycles. The number of fused-ring (bicyclic) bond motifs is 2. The molecular weight excluding hydrogens is 753 g/mol. The first-order chi connectivity index (χ1) is 28.6. The van der Waals surface area contributed by atoms with E-state index >= 15 is 0 Å². The maximum Gasteiger partial charge on any atom is 0.320 e. The van der Waals surface area contributed by atoms with E-state index in [9.17, 15) is 24.3 Å². The van der Waals surface area contributed by atoms with Crippen LogP contribution in [-0.2, 0) is 40.1 Å². The second-order valence-electron chi connectivity index (χ2n) is 15.2. The first kappa shape index (κ1) is 41.0. The first-order valence-corrected chi connectivity index (χ1v) is 20.1. The van der Waals surface area contributed by atoms with Gasteiger partial charge in [-0.1, -0.05) is 30.3 Å². The topological polar surface area (TPSA) is 205 Å². The second kappa shape index (κ2) is 18.6. The first-order valence-electron chi connectivity index (χ1n) is 20.1. The van der Waals surface area contributed by atoms with Crippen LogP contribution in [0.3, 0.4) is 0 Å². The van der Waals surface area contributed by atoms with Crippen LogP contribution in [0.15, 0.2) is 83.9 Å². The minimum absolute atomic E-state index is 0.0756. The van der Waals surface area contributed by atoms with E-state index < -0.39 is 29.3 Å². The molecule has 4 heterocycles. The Hall–Kier alpha value is -6.16. The summed E-state index contributed by atoms with van der Waals surface area (Å²) < 4.78 is 1.75. The summed E-state index contributed by atoms with van der Waals surface area (Å²) in [5.74, 6) is -1.79. The third-order valence-electron chi connectivity index (χ3n) is 11.4. The number of benzene rings is 3. The van der Waals surface area contributed by atoms with Crippen molar-refractivity contribution in [2.24, 2.45) is 0 Å². The fourth-order valence-electron chi connectivity index (χ4n) is 8.25. The number of hydroxylamine groups is 1. The SMILES string of the molecule is CONC(=O)c1cn(-c2ccc3c(c2)CCC3)c2nc(Nc3ccc(CCN4CCC[C@@H]4C(=O)O)cc3)ncc2c1=O.Nc1ccc(CCN2CCC[C@@H]2C(=O)O)cc1. The van der Waals surface area contributed by atoms with E-state index in [-0.39, 0.29) is 17.0 Å². The maximum atomic E-state index is 13.3. The van der Waals surface area contributed by atoms with Crippen LogP contribution in [0.25, 0.3) is 16.7 Å². The summed E-state index contributed by atoms with van der Waals surface area (Å²) in [4.78, 5) is 66.3. The van der Waals surface area contributed by atoms with Gasteiger partial charge in [-0.15, -0.1) is 0 Å². The van der Waals surface area contributed by atoms with Crippen molar-refractivity contribution in [2.45, 2.75) is 69.9 Å². The van der Waals surface area contributed by atoms with E-state index in [1.54, 1.807) is 4.57 Å². The third-order valence-corrected chi connectivity index (χ3v) is 11.4. The van der Waals surface area contributed by atoms with Crippen molar-refractivity contribution in [2.75, 3.05) is 44.3 Å². The van der Waals surface area contributed by atoms with Crippen molar-refractivity contribution in [1.29, 1.82) is 0 Å². The van der Waals surface area contributed by atoms with E-state index in [1.807, 2.05) is 59.5 Å². The Labute approximate surface area is 341 Å². The molecule has 15 heteroatoms. The number of carbonyl (C=O) groups is 3. The van der Waals surface area contributed by atoms with Gasteiger partial charge in [-0.2, -0.15) is 4.98 Å². The molecule has 2 fully saturated rings. The lowest BCUT2D eigenvalue weighted by atomic mass is 10.1. The number of aryl methyl sites for hydroxylation is 2. The molecule has 2 atom stereocenters. The molecule has 15 nitrogen and oxygen atoms in total. The number of likely N-dealkylation sites (tertiary alicyclic amines) is 2. The molecule has 8 rings (SSSR count). The normalized spacial score (nSPS) is 17.6. The lowest BCUT2D eigenvalue weighted by molar-refractivity contribution is -0.143. The van der Waals surface area contributed by atoms with Gasteiger partial charge in [0, 0.05) is 42.5 Å². The molecule has 3 aromatic carbocycles. The Morgan fingerprint density at radius 1 is 0.831 bits per heavy atom. The van der Waals surface area contributed by atoms with E-state index in [4.69, 9.17) is 20.7 Å².